The van der Waals surface area contributed by atoms with Crippen LogP contribution in [0, 0.1) is 5.82 Å². The Kier molecular flexibility index (Phi) is 6.66. The molecule has 6 nitrogen and oxygen atoms in total. The fourth-order valence-corrected chi connectivity index (χ4v) is 3.59. The van der Waals surface area contributed by atoms with E-state index >= 15 is 0 Å². The number of aromatic hydroxyl groups is 1. The zero-order valence-corrected chi connectivity index (χ0v) is 16.2. The number of hydrogen-bond donors (Lipinski definition) is 2. The van der Waals surface area contributed by atoms with Crippen LogP contribution >= 0.6 is 11.8 Å². The highest BCUT2D eigenvalue weighted by Crippen LogP contribution is 2.32. The van der Waals surface area contributed by atoms with Gasteiger partial charge in [0.25, 0.3) is 11.1 Å². The van der Waals surface area contributed by atoms with Crippen molar-refractivity contribution in [2.24, 2.45) is 0 Å². The average molecular weight is 414 g/mol. The number of phenolic OH excluding ortho intramolecular Hbond substituents is 1. The lowest BCUT2D eigenvalue weighted by Gasteiger charge is -2.12. The molecule has 0 spiro atoms. The van der Waals surface area contributed by atoms with Crippen LogP contribution in [0.5, 0.6) is 5.75 Å². The van der Waals surface area contributed by atoms with Crippen molar-refractivity contribution >= 4 is 34.9 Å². The zero-order valence-electron chi connectivity index (χ0n) is 15.4. The van der Waals surface area contributed by atoms with Gasteiger partial charge >= 0.3 is 0 Å². The van der Waals surface area contributed by atoms with Crippen LogP contribution in [0.3, 0.4) is 0 Å². The Morgan fingerprint density at radius 2 is 1.86 bits per heavy atom. The second-order valence-electron chi connectivity index (χ2n) is 6.37. The number of imide groups is 1. The SMILES string of the molecule is O=C(CCN1C(=O)SC(=Cc2ccccc2F)C1=O)NCCc1ccc(O)cc1. The summed E-state index contributed by atoms with van der Waals surface area (Å²) in [6.45, 7) is 0.364. The molecule has 0 unspecified atom stereocenters. The molecule has 2 aromatic carbocycles. The van der Waals surface area contributed by atoms with E-state index in [4.69, 9.17) is 0 Å². The van der Waals surface area contributed by atoms with E-state index < -0.39 is 17.0 Å². The summed E-state index contributed by atoms with van der Waals surface area (Å²) in [6.07, 6.45) is 1.93. The molecular formula is C21H19FN2O4S. The Morgan fingerprint density at radius 1 is 1.14 bits per heavy atom. The van der Waals surface area contributed by atoms with Crippen molar-refractivity contribution in [1.82, 2.24) is 10.2 Å². The van der Waals surface area contributed by atoms with E-state index in [2.05, 4.69) is 5.32 Å². The monoisotopic (exact) mass is 414 g/mol. The van der Waals surface area contributed by atoms with Gasteiger partial charge in [-0.3, -0.25) is 19.3 Å². The van der Waals surface area contributed by atoms with E-state index in [1.54, 1.807) is 36.4 Å². The minimum Gasteiger partial charge on any atom is -0.508 e. The third-order valence-corrected chi connectivity index (χ3v) is 5.21. The molecule has 3 rings (SSSR count). The summed E-state index contributed by atoms with van der Waals surface area (Å²) >= 11 is 0.733. The number of amides is 3. The largest absolute Gasteiger partial charge is 0.508 e. The number of thioether (sulfide) groups is 1. The number of phenols is 1. The number of carbonyl (C=O) groups excluding carboxylic acids is 3. The molecule has 1 aliphatic heterocycles. The van der Waals surface area contributed by atoms with E-state index in [1.807, 2.05) is 0 Å². The van der Waals surface area contributed by atoms with Crippen LogP contribution < -0.4 is 5.32 Å². The normalized spacial score (nSPS) is 15.2. The Bertz CT molecular complexity index is 959. The summed E-state index contributed by atoms with van der Waals surface area (Å²) in [5.41, 5.74) is 1.19. The van der Waals surface area contributed by atoms with Gasteiger partial charge in [0.2, 0.25) is 5.91 Å². The molecule has 1 aliphatic rings. The predicted molar refractivity (Wildman–Crippen MR) is 109 cm³/mol. The number of halogens is 1. The molecule has 1 fully saturated rings. The molecule has 0 aromatic heterocycles. The Morgan fingerprint density at radius 3 is 2.59 bits per heavy atom. The summed E-state index contributed by atoms with van der Waals surface area (Å²) in [7, 11) is 0. The van der Waals surface area contributed by atoms with Crippen molar-refractivity contribution < 1.29 is 23.9 Å². The highest BCUT2D eigenvalue weighted by Gasteiger charge is 2.35. The first-order chi connectivity index (χ1) is 13.9. The molecule has 150 valence electrons. The number of benzene rings is 2. The quantitative estimate of drug-likeness (QED) is 0.679. The molecule has 3 amide bonds. The van der Waals surface area contributed by atoms with Crippen molar-refractivity contribution in [3.63, 3.8) is 0 Å². The van der Waals surface area contributed by atoms with Gasteiger partial charge in [-0.15, -0.1) is 0 Å². The minimum absolute atomic E-state index is 0.0133. The van der Waals surface area contributed by atoms with Gasteiger partial charge in [-0.25, -0.2) is 4.39 Å². The van der Waals surface area contributed by atoms with Gasteiger partial charge in [-0.05, 0) is 48.0 Å². The first kappa shape index (κ1) is 20.6. The van der Waals surface area contributed by atoms with Crippen molar-refractivity contribution in [3.05, 3.63) is 70.4 Å². The molecule has 1 saturated heterocycles. The second kappa shape index (κ2) is 9.38. The van der Waals surface area contributed by atoms with Crippen LogP contribution in [0.15, 0.2) is 53.4 Å². The third-order valence-electron chi connectivity index (χ3n) is 4.30. The van der Waals surface area contributed by atoms with E-state index in [0.29, 0.717) is 13.0 Å². The molecule has 2 N–H and O–H groups in total. The Balaban J connectivity index is 1.49. The van der Waals surface area contributed by atoms with Gasteiger partial charge in [-0.1, -0.05) is 30.3 Å². The average Bonchev–Trinajstić information content (AvgIpc) is 2.96. The van der Waals surface area contributed by atoms with E-state index in [1.165, 1.54) is 18.2 Å². The van der Waals surface area contributed by atoms with Crippen LogP contribution in [-0.4, -0.2) is 40.1 Å². The molecule has 0 radical (unpaired) electrons. The lowest BCUT2D eigenvalue weighted by Crippen LogP contribution is -2.34. The predicted octanol–water partition coefficient (Wildman–Crippen LogP) is 3.32. The maximum atomic E-state index is 13.8. The fraction of sp³-hybridized carbons (Fsp3) is 0.190. The first-order valence-electron chi connectivity index (χ1n) is 8.98. The lowest BCUT2D eigenvalue weighted by atomic mass is 10.1. The molecule has 8 heteroatoms. The van der Waals surface area contributed by atoms with Crippen LogP contribution in [0.2, 0.25) is 0 Å². The highest BCUT2D eigenvalue weighted by atomic mass is 32.2. The fourth-order valence-electron chi connectivity index (χ4n) is 2.74. The van der Waals surface area contributed by atoms with Crippen molar-refractivity contribution in [3.8, 4) is 5.75 Å². The summed E-state index contributed by atoms with van der Waals surface area (Å²) < 4.78 is 13.8. The number of nitrogens with zero attached hydrogens (tertiary/aromatic N) is 1. The number of carbonyl (C=O) groups is 3. The highest BCUT2D eigenvalue weighted by molar-refractivity contribution is 8.18. The van der Waals surface area contributed by atoms with Crippen molar-refractivity contribution in [2.45, 2.75) is 12.8 Å². The number of nitrogens with one attached hydrogen (secondary N) is 1. The van der Waals surface area contributed by atoms with Gasteiger partial charge in [0.1, 0.15) is 11.6 Å². The second-order valence-corrected chi connectivity index (χ2v) is 7.36. The van der Waals surface area contributed by atoms with Gasteiger partial charge in [0, 0.05) is 25.1 Å². The maximum absolute atomic E-state index is 13.8. The summed E-state index contributed by atoms with van der Waals surface area (Å²) in [5, 5.41) is 11.5. The molecule has 2 aromatic rings. The van der Waals surface area contributed by atoms with E-state index in [0.717, 1.165) is 22.2 Å². The lowest BCUT2D eigenvalue weighted by molar-refractivity contribution is -0.124. The molecule has 0 bridgehead atoms. The molecule has 0 aliphatic carbocycles. The Hall–Kier alpha value is -3.13. The molecule has 0 atom stereocenters. The number of hydrogen-bond acceptors (Lipinski definition) is 5. The van der Waals surface area contributed by atoms with Gasteiger partial charge in [0.15, 0.2) is 0 Å². The summed E-state index contributed by atoms with van der Waals surface area (Å²) in [4.78, 5) is 37.6. The van der Waals surface area contributed by atoms with Gasteiger partial charge < -0.3 is 10.4 Å². The molecule has 0 saturated carbocycles. The third kappa shape index (κ3) is 5.45. The van der Waals surface area contributed by atoms with E-state index in [-0.39, 0.29) is 35.1 Å². The first-order valence-corrected chi connectivity index (χ1v) is 9.80. The van der Waals surface area contributed by atoms with Crippen molar-refractivity contribution in [1.29, 1.82) is 0 Å². The van der Waals surface area contributed by atoms with Crippen LogP contribution in [-0.2, 0) is 16.0 Å². The molecular weight excluding hydrogens is 395 g/mol. The molecule has 1 heterocycles. The van der Waals surface area contributed by atoms with Crippen LogP contribution in [0.1, 0.15) is 17.5 Å². The topological polar surface area (TPSA) is 86.7 Å². The maximum Gasteiger partial charge on any atom is 0.293 e. The van der Waals surface area contributed by atoms with Crippen molar-refractivity contribution in [2.75, 3.05) is 13.1 Å². The van der Waals surface area contributed by atoms with Gasteiger partial charge in [-0.2, -0.15) is 0 Å². The zero-order chi connectivity index (χ0) is 20.8. The van der Waals surface area contributed by atoms with Crippen LogP contribution in [0.4, 0.5) is 9.18 Å². The number of rotatable bonds is 7. The minimum atomic E-state index is -0.528. The Labute approximate surface area is 171 Å². The standard InChI is InChI=1S/C21H19FN2O4S/c22-17-4-2-1-3-15(17)13-18-20(27)24(21(28)29-18)12-10-19(26)23-11-9-14-5-7-16(25)8-6-14/h1-8,13,25H,9-12H2,(H,23,26). The van der Waals surface area contributed by atoms with Crippen LogP contribution in [0.25, 0.3) is 6.08 Å². The molecule has 29 heavy (non-hydrogen) atoms. The van der Waals surface area contributed by atoms with E-state index in [9.17, 15) is 23.9 Å². The smallest absolute Gasteiger partial charge is 0.293 e. The van der Waals surface area contributed by atoms with Gasteiger partial charge in [0.05, 0.1) is 4.91 Å². The summed E-state index contributed by atoms with van der Waals surface area (Å²) in [5.74, 6) is -1.10. The summed E-state index contributed by atoms with van der Waals surface area (Å²) in [6, 6.07) is 12.7.